The van der Waals surface area contributed by atoms with E-state index in [0.29, 0.717) is 25.3 Å². The van der Waals surface area contributed by atoms with Gasteiger partial charge >= 0.3 is 6.03 Å². The molecule has 1 aliphatic heterocycles. The van der Waals surface area contributed by atoms with Crippen molar-refractivity contribution in [1.29, 1.82) is 0 Å². The van der Waals surface area contributed by atoms with Crippen LogP contribution in [-0.2, 0) is 5.75 Å². The highest BCUT2D eigenvalue weighted by atomic mass is 32.2. The zero-order chi connectivity index (χ0) is 18.9. The number of amides is 2. The van der Waals surface area contributed by atoms with Crippen LogP contribution in [0, 0.1) is 5.92 Å². The lowest BCUT2D eigenvalue weighted by atomic mass is 9.92. The van der Waals surface area contributed by atoms with E-state index in [1.165, 1.54) is 0 Å². The second-order valence-corrected chi connectivity index (χ2v) is 7.69. The molecule has 3 heterocycles. The number of nitrogens with one attached hydrogen (secondary N) is 1. The summed E-state index contributed by atoms with van der Waals surface area (Å²) < 4.78 is 5.29. The lowest BCUT2D eigenvalue weighted by molar-refractivity contribution is 0.0840. The fourth-order valence-corrected chi connectivity index (χ4v) is 4.00. The molecule has 2 amide bonds. The number of ketones is 1. The summed E-state index contributed by atoms with van der Waals surface area (Å²) in [5.41, 5.74) is 0.485. The van der Waals surface area contributed by atoms with Crippen LogP contribution < -0.4 is 5.32 Å². The second kappa shape index (κ2) is 10.2. The Bertz CT molecular complexity index is 721. The van der Waals surface area contributed by atoms with Crippen LogP contribution in [0.2, 0.25) is 0 Å². The van der Waals surface area contributed by atoms with Crippen molar-refractivity contribution in [3.05, 3.63) is 54.2 Å². The van der Waals surface area contributed by atoms with Gasteiger partial charge in [-0.05, 0) is 49.3 Å². The molecule has 0 aliphatic carbocycles. The van der Waals surface area contributed by atoms with Crippen LogP contribution in [0.4, 0.5) is 4.79 Å². The molecule has 0 aromatic carbocycles. The van der Waals surface area contributed by atoms with Crippen molar-refractivity contribution in [3.8, 4) is 0 Å². The van der Waals surface area contributed by atoms with E-state index in [4.69, 9.17) is 4.42 Å². The van der Waals surface area contributed by atoms with Gasteiger partial charge in [-0.15, -0.1) is 0 Å². The fraction of sp³-hybridized carbons (Fsp3) is 0.450. The minimum absolute atomic E-state index is 0.0300. The number of furan rings is 1. The van der Waals surface area contributed by atoms with Gasteiger partial charge in [0.1, 0.15) is 11.5 Å². The molecule has 2 aromatic rings. The summed E-state index contributed by atoms with van der Waals surface area (Å²) in [5.74, 6) is 2.65. The molecule has 1 aliphatic rings. The Morgan fingerprint density at radius 1 is 1.30 bits per heavy atom. The molecule has 0 radical (unpaired) electrons. The van der Waals surface area contributed by atoms with Gasteiger partial charge in [0.05, 0.1) is 12.0 Å². The normalized spacial score (nSPS) is 16.9. The summed E-state index contributed by atoms with van der Waals surface area (Å²) >= 11 is 1.79. The van der Waals surface area contributed by atoms with Gasteiger partial charge in [-0.3, -0.25) is 9.78 Å². The third-order valence-corrected chi connectivity index (χ3v) is 5.63. The van der Waals surface area contributed by atoms with Crippen LogP contribution in [0.5, 0.6) is 0 Å². The van der Waals surface area contributed by atoms with Crippen molar-refractivity contribution < 1.29 is 14.0 Å². The maximum Gasteiger partial charge on any atom is 0.317 e. The van der Waals surface area contributed by atoms with Gasteiger partial charge in [0.15, 0.2) is 5.78 Å². The van der Waals surface area contributed by atoms with Crippen molar-refractivity contribution in [2.24, 2.45) is 5.92 Å². The van der Waals surface area contributed by atoms with Gasteiger partial charge in [0.2, 0.25) is 0 Å². The van der Waals surface area contributed by atoms with Crippen molar-refractivity contribution in [2.75, 3.05) is 25.4 Å². The zero-order valence-corrected chi connectivity index (χ0v) is 16.1. The van der Waals surface area contributed by atoms with Gasteiger partial charge < -0.3 is 14.6 Å². The largest absolute Gasteiger partial charge is 0.468 e. The fourth-order valence-electron chi connectivity index (χ4n) is 3.14. The summed E-state index contributed by atoms with van der Waals surface area (Å²) in [5, 5.41) is 2.97. The molecule has 7 heteroatoms. The van der Waals surface area contributed by atoms with Crippen molar-refractivity contribution in [1.82, 2.24) is 15.2 Å². The summed E-state index contributed by atoms with van der Waals surface area (Å²) in [6, 6.07) is 9.13. The number of rotatable bonds is 8. The number of nitrogens with zero attached hydrogens (tertiary/aromatic N) is 2. The monoisotopic (exact) mass is 387 g/mol. The molecule has 2 aromatic heterocycles. The van der Waals surface area contributed by atoms with Gasteiger partial charge in [-0.25, -0.2) is 4.79 Å². The first kappa shape index (κ1) is 19.5. The first-order valence-electron chi connectivity index (χ1n) is 9.32. The Kier molecular flexibility index (Phi) is 7.33. The summed E-state index contributed by atoms with van der Waals surface area (Å²) in [7, 11) is 0. The van der Waals surface area contributed by atoms with Gasteiger partial charge in [0, 0.05) is 31.7 Å². The first-order chi connectivity index (χ1) is 13.2. The number of hydrogen-bond acceptors (Lipinski definition) is 5. The summed E-state index contributed by atoms with van der Waals surface area (Å²) in [6.45, 7) is 1.80. The Morgan fingerprint density at radius 2 is 2.22 bits per heavy atom. The maximum atomic E-state index is 12.6. The standard InChI is InChI=1S/C20H25N3O3S/c24-19(18-8-1-2-9-21-18)16-6-3-11-23(14-16)20(25)22-10-5-13-27-15-17-7-4-12-26-17/h1-2,4,7-9,12,16H,3,5-6,10-11,13-15H2,(H,22,25). The van der Waals surface area contributed by atoms with Crippen LogP contribution in [-0.4, -0.2) is 47.1 Å². The lowest BCUT2D eigenvalue weighted by Gasteiger charge is -2.31. The van der Waals surface area contributed by atoms with Crippen molar-refractivity contribution in [2.45, 2.75) is 25.0 Å². The molecule has 3 rings (SSSR count). The van der Waals surface area contributed by atoms with E-state index in [2.05, 4.69) is 10.3 Å². The molecule has 0 bridgehead atoms. The van der Waals surface area contributed by atoms with E-state index in [9.17, 15) is 9.59 Å². The number of thioether (sulfide) groups is 1. The molecular formula is C20H25N3O3S. The maximum absolute atomic E-state index is 12.6. The van der Waals surface area contributed by atoms with Crippen LogP contribution in [0.1, 0.15) is 35.5 Å². The molecule has 1 unspecified atom stereocenters. The molecule has 27 heavy (non-hydrogen) atoms. The molecule has 144 valence electrons. The number of piperidine rings is 1. The number of carbonyl (C=O) groups excluding carboxylic acids is 2. The molecule has 0 saturated carbocycles. The summed E-state index contributed by atoms with van der Waals surface area (Å²) in [4.78, 5) is 30.9. The predicted octanol–water partition coefficient (Wildman–Crippen LogP) is 3.60. The Morgan fingerprint density at radius 3 is 3.00 bits per heavy atom. The Hall–Kier alpha value is -2.28. The van der Waals surface area contributed by atoms with Crippen LogP contribution in [0.3, 0.4) is 0 Å². The molecule has 6 nitrogen and oxygen atoms in total. The minimum atomic E-state index is -0.164. The lowest BCUT2D eigenvalue weighted by Crippen LogP contribution is -2.47. The van der Waals surface area contributed by atoms with Gasteiger partial charge in [0.25, 0.3) is 0 Å². The molecule has 1 N–H and O–H groups in total. The van der Waals surface area contributed by atoms with Crippen LogP contribution in [0.15, 0.2) is 47.2 Å². The number of pyridine rings is 1. The van der Waals surface area contributed by atoms with E-state index in [0.717, 1.165) is 36.5 Å². The van der Waals surface area contributed by atoms with E-state index in [1.807, 2.05) is 18.2 Å². The number of carbonyl (C=O) groups is 2. The number of likely N-dealkylation sites (tertiary alicyclic amines) is 1. The summed E-state index contributed by atoms with van der Waals surface area (Å²) in [6.07, 6.45) is 5.87. The van der Waals surface area contributed by atoms with E-state index >= 15 is 0 Å². The third-order valence-electron chi connectivity index (χ3n) is 4.56. The van der Waals surface area contributed by atoms with E-state index < -0.39 is 0 Å². The first-order valence-corrected chi connectivity index (χ1v) is 10.5. The number of aromatic nitrogens is 1. The van der Waals surface area contributed by atoms with E-state index in [-0.39, 0.29) is 17.7 Å². The highest BCUT2D eigenvalue weighted by molar-refractivity contribution is 7.98. The number of hydrogen-bond donors (Lipinski definition) is 1. The average molecular weight is 388 g/mol. The van der Waals surface area contributed by atoms with Gasteiger partial charge in [-0.1, -0.05) is 6.07 Å². The van der Waals surface area contributed by atoms with Gasteiger partial charge in [-0.2, -0.15) is 11.8 Å². The smallest absolute Gasteiger partial charge is 0.317 e. The third kappa shape index (κ3) is 5.85. The molecule has 1 fully saturated rings. The zero-order valence-electron chi connectivity index (χ0n) is 15.3. The molecular weight excluding hydrogens is 362 g/mol. The number of Topliss-reactive ketones (excluding diaryl/α,β-unsaturated/α-hetero) is 1. The van der Waals surface area contributed by atoms with Crippen LogP contribution >= 0.6 is 11.8 Å². The van der Waals surface area contributed by atoms with Crippen LogP contribution in [0.25, 0.3) is 0 Å². The highest BCUT2D eigenvalue weighted by Crippen LogP contribution is 2.20. The highest BCUT2D eigenvalue weighted by Gasteiger charge is 2.29. The Labute approximate surface area is 163 Å². The second-order valence-electron chi connectivity index (χ2n) is 6.58. The topological polar surface area (TPSA) is 75.4 Å². The molecule has 0 spiro atoms. The minimum Gasteiger partial charge on any atom is -0.468 e. The van der Waals surface area contributed by atoms with E-state index in [1.54, 1.807) is 41.3 Å². The quantitative estimate of drug-likeness (QED) is 0.553. The molecule has 1 atom stereocenters. The molecule has 1 saturated heterocycles. The number of urea groups is 1. The van der Waals surface area contributed by atoms with Crippen molar-refractivity contribution >= 4 is 23.6 Å². The average Bonchev–Trinajstić information content (AvgIpc) is 3.24. The van der Waals surface area contributed by atoms with Crippen molar-refractivity contribution in [3.63, 3.8) is 0 Å². The Balaban J connectivity index is 1.36. The predicted molar refractivity (Wildman–Crippen MR) is 106 cm³/mol. The SMILES string of the molecule is O=C(c1ccccn1)C1CCCN(C(=O)NCCCSCc2ccco2)C1.